The number of fused-ring (bicyclic) bond motifs is 3. The Bertz CT molecular complexity index is 1080. The number of hydrogen-bond acceptors (Lipinski definition) is 5. The molecule has 1 atom stereocenters. The first kappa shape index (κ1) is 24.5. The van der Waals surface area contributed by atoms with Gasteiger partial charge < -0.3 is 18.8 Å². The van der Waals surface area contributed by atoms with E-state index in [-0.39, 0.29) is 23.4 Å². The van der Waals surface area contributed by atoms with Crippen LogP contribution in [-0.4, -0.2) is 30.9 Å². The molecule has 2 aliphatic rings. The molecule has 6 nitrogen and oxygen atoms in total. The van der Waals surface area contributed by atoms with Crippen LogP contribution in [0, 0.1) is 18.8 Å². The molecule has 0 N–H and O–H groups in total. The molecule has 184 valence electrons. The summed E-state index contributed by atoms with van der Waals surface area (Å²) in [6, 6.07) is 5.86. The number of carbonyl (C=O) groups excluding carboxylic acids is 1. The minimum absolute atomic E-state index is 0.0160. The fourth-order valence-electron chi connectivity index (χ4n) is 5.14. The van der Waals surface area contributed by atoms with E-state index >= 15 is 0 Å². The Balaban J connectivity index is 1.74. The van der Waals surface area contributed by atoms with Crippen LogP contribution in [0.4, 0.5) is 0 Å². The summed E-state index contributed by atoms with van der Waals surface area (Å²) < 4.78 is 19.4. The first-order chi connectivity index (χ1) is 16.4. The standard InChI is InChI=1S/C28H37NO5/c1-18(2)23-13-21-14-26(33-12-8-11-32-4)27(34-28(31)20-9-6-5-7-10-20)15-22(21)24-16-25(30)19(3)17-29(23)24/h14-18,20,23H,5-13H2,1-4H3. The van der Waals surface area contributed by atoms with E-state index in [1.165, 1.54) is 6.42 Å². The third-order valence-electron chi connectivity index (χ3n) is 7.17. The van der Waals surface area contributed by atoms with Gasteiger partial charge in [-0.3, -0.25) is 9.59 Å². The number of aryl methyl sites for hydroxylation is 1. The summed E-state index contributed by atoms with van der Waals surface area (Å²) in [5, 5.41) is 0. The minimum atomic E-state index is -0.182. The summed E-state index contributed by atoms with van der Waals surface area (Å²) in [6.07, 6.45) is 8.60. The highest BCUT2D eigenvalue weighted by Crippen LogP contribution is 2.43. The van der Waals surface area contributed by atoms with Gasteiger partial charge in [-0.1, -0.05) is 33.1 Å². The molecule has 34 heavy (non-hydrogen) atoms. The van der Waals surface area contributed by atoms with Crippen molar-refractivity contribution in [3.05, 3.63) is 45.7 Å². The molecule has 1 aromatic carbocycles. The van der Waals surface area contributed by atoms with Gasteiger partial charge in [0.15, 0.2) is 16.9 Å². The molecule has 1 aliphatic heterocycles. The summed E-state index contributed by atoms with van der Waals surface area (Å²) in [7, 11) is 1.67. The van der Waals surface area contributed by atoms with E-state index in [1.807, 2.05) is 25.3 Å². The van der Waals surface area contributed by atoms with Crippen molar-refractivity contribution in [1.82, 2.24) is 4.57 Å². The van der Waals surface area contributed by atoms with Gasteiger partial charge in [0.2, 0.25) is 0 Å². The zero-order chi connectivity index (χ0) is 24.2. The molecule has 1 fully saturated rings. The van der Waals surface area contributed by atoms with Gasteiger partial charge in [-0.25, -0.2) is 0 Å². The van der Waals surface area contributed by atoms with Gasteiger partial charge in [0, 0.05) is 49.6 Å². The summed E-state index contributed by atoms with van der Waals surface area (Å²) in [6.45, 7) is 7.35. The molecule has 2 heterocycles. The second-order valence-electron chi connectivity index (χ2n) is 10.0. The number of carbonyl (C=O) groups is 1. The smallest absolute Gasteiger partial charge is 0.314 e. The topological polar surface area (TPSA) is 66.8 Å². The summed E-state index contributed by atoms with van der Waals surface area (Å²) >= 11 is 0. The molecule has 0 bridgehead atoms. The molecule has 6 heteroatoms. The SMILES string of the molecule is COCCCOc1cc2c(cc1OC(=O)C1CCCCC1)-c1cc(=O)c(C)cn1C(C(C)C)C2. The molecule has 4 rings (SSSR count). The molecular formula is C28H37NO5. The maximum atomic E-state index is 13.0. The normalized spacial score (nSPS) is 17.9. The van der Waals surface area contributed by atoms with E-state index < -0.39 is 0 Å². The number of methoxy groups -OCH3 is 1. The molecule has 2 aromatic rings. The maximum absolute atomic E-state index is 13.0. The quantitative estimate of drug-likeness (QED) is 0.292. The largest absolute Gasteiger partial charge is 0.490 e. The van der Waals surface area contributed by atoms with Gasteiger partial charge >= 0.3 is 5.97 Å². The van der Waals surface area contributed by atoms with Gasteiger partial charge in [-0.05, 0) is 49.8 Å². The van der Waals surface area contributed by atoms with Crippen LogP contribution in [-0.2, 0) is 16.0 Å². The highest BCUT2D eigenvalue weighted by Gasteiger charge is 2.30. The highest BCUT2D eigenvalue weighted by atomic mass is 16.6. The Hall–Kier alpha value is -2.60. The lowest BCUT2D eigenvalue weighted by Gasteiger charge is -2.34. The first-order valence-corrected chi connectivity index (χ1v) is 12.6. The van der Waals surface area contributed by atoms with E-state index in [1.54, 1.807) is 13.2 Å². The summed E-state index contributed by atoms with van der Waals surface area (Å²) in [5.74, 6) is 1.18. The Morgan fingerprint density at radius 2 is 1.85 bits per heavy atom. The third-order valence-corrected chi connectivity index (χ3v) is 7.17. The lowest BCUT2D eigenvalue weighted by molar-refractivity contribution is -0.140. The molecule has 0 saturated heterocycles. The Kier molecular flexibility index (Phi) is 7.77. The van der Waals surface area contributed by atoms with Crippen LogP contribution in [0.1, 0.15) is 69.5 Å². The molecule has 0 spiro atoms. The van der Waals surface area contributed by atoms with Crippen molar-refractivity contribution in [2.24, 2.45) is 11.8 Å². The monoisotopic (exact) mass is 467 g/mol. The maximum Gasteiger partial charge on any atom is 0.314 e. The summed E-state index contributed by atoms with van der Waals surface area (Å²) in [4.78, 5) is 25.6. The summed E-state index contributed by atoms with van der Waals surface area (Å²) in [5.41, 5.74) is 3.67. The number of aromatic nitrogens is 1. The lowest BCUT2D eigenvalue weighted by Crippen LogP contribution is -2.27. The molecule has 0 amide bonds. The van der Waals surface area contributed by atoms with Crippen LogP contribution in [0.3, 0.4) is 0 Å². The van der Waals surface area contributed by atoms with Crippen LogP contribution in [0.5, 0.6) is 11.5 Å². The van der Waals surface area contributed by atoms with Crippen molar-refractivity contribution < 1.29 is 19.0 Å². The molecular weight excluding hydrogens is 430 g/mol. The molecule has 1 unspecified atom stereocenters. The van der Waals surface area contributed by atoms with Crippen molar-refractivity contribution >= 4 is 5.97 Å². The second-order valence-corrected chi connectivity index (χ2v) is 10.0. The number of nitrogens with zero attached hydrogens (tertiary/aromatic N) is 1. The Labute approximate surface area is 202 Å². The molecule has 1 aliphatic carbocycles. The van der Waals surface area contributed by atoms with Crippen LogP contribution in [0.2, 0.25) is 0 Å². The zero-order valence-corrected chi connectivity index (χ0v) is 20.9. The van der Waals surface area contributed by atoms with Crippen molar-refractivity contribution in [2.45, 2.75) is 71.8 Å². The first-order valence-electron chi connectivity index (χ1n) is 12.6. The average Bonchev–Trinajstić information content (AvgIpc) is 2.83. The molecule has 1 aromatic heterocycles. The van der Waals surface area contributed by atoms with E-state index in [0.717, 1.165) is 60.9 Å². The number of benzene rings is 1. The van der Waals surface area contributed by atoms with Gasteiger partial charge in [0.1, 0.15) is 0 Å². The van der Waals surface area contributed by atoms with E-state index in [9.17, 15) is 9.59 Å². The molecule has 1 saturated carbocycles. The van der Waals surface area contributed by atoms with Crippen molar-refractivity contribution in [2.75, 3.05) is 20.3 Å². The Morgan fingerprint density at radius 3 is 2.56 bits per heavy atom. The number of ether oxygens (including phenoxy) is 3. The number of hydrogen-bond donors (Lipinski definition) is 0. The van der Waals surface area contributed by atoms with Gasteiger partial charge in [-0.15, -0.1) is 0 Å². The highest BCUT2D eigenvalue weighted by molar-refractivity contribution is 5.78. The van der Waals surface area contributed by atoms with Gasteiger partial charge in [0.25, 0.3) is 0 Å². The predicted molar refractivity (Wildman–Crippen MR) is 133 cm³/mol. The van der Waals surface area contributed by atoms with E-state index in [0.29, 0.717) is 30.6 Å². The van der Waals surface area contributed by atoms with Gasteiger partial charge in [-0.2, -0.15) is 0 Å². The zero-order valence-electron chi connectivity index (χ0n) is 20.9. The van der Waals surface area contributed by atoms with Gasteiger partial charge in [0.05, 0.1) is 18.2 Å². The molecule has 0 radical (unpaired) electrons. The number of rotatable bonds is 8. The minimum Gasteiger partial charge on any atom is -0.490 e. The second kappa shape index (κ2) is 10.8. The number of pyridine rings is 1. The fraction of sp³-hybridized carbons (Fsp3) is 0.571. The van der Waals surface area contributed by atoms with Crippen LogP contribution in [0.25, 0.3) is 11.3 Å². The van der Waals surface area contributed by atoms with Crippen molar-refractivity contribution in [1.29, 1.82) is 0 Å². The van der Waals surface area contributed by atoms with Crippen LogP contribution in [0.15, 0.2) is 29.2 Å². The fourth-order valence-corrected chi connectivity index (χ4v) is 5.14. The van der Waals surface area contributed by atoms with Crippen molar-refractivity contribution in [3.63, 3.8) is 0 Å². The van der Waals surface area contributed by atoms with E-state index in [2.05, 4.69) is 18.4 Å². The van der Waals surface area contributed by atoms with E-state index in [4.69, 9.17) is 14.2 Å². The number of esters is 1. The average molecular weight is 468 g/mol. The van der Waals surface area contributed by atoms with Crippen molar-refractivity contribution in [3.8, 4) is 22.8 Å². The lowest BCUT2D eigenvalue weighted by atomic mass is 9.87. The predicted octanol–water partition coefficient (Wildman–Crippen LogP) is 5.48. The van der Waals surface area contributed by atoms with Crippen LogP contribution < -0.4 is 14.9 Å². The Morgan fingerprint density at radius 1 is 1.09 bits per heavy atom. The third kappa shape index (κ3) is 5.22. The van der Waals surface area contributed by atoms with Crippen LogP contribution >= 0.6 is 0 Å².